The van der Waals surface area contributed by atoms with Crippen LogP contribution in [-0.2, 0) is 9.59 Å². The van der Waals surface area contributed by atoms with Gasteiger partial charge in [0.25, 0.3) is 11.8 Å². The van der Waals surface area contributed by atoms with Crippen LogP contribution in [0.4, 0.5) is 17.1 Å². The van der Waals surface area contributed by atoms with E-state index in [0.29, 0.717) is 44.0 Å². The summed E-state index contributed by atoms with van der Waals surface area (Å²) in [6.07, 6.45) is 0. The first-order valence-corrected chi connectivity index (χ1v) is 12.5. The van der Waals surface area contributed by atoms with Crippen molar-refractivity contribution in [1.82, 2.24) is 5.32 Å². The third-order valence-electron chi connectivity index (χ3n) is 6.20. The largest absolute Gasteiger partial charge is 0.378 e. The van der Waals surface area contributed by atoms with Gasteiger partial charge in [-0.3, -0.25) is 9.59 Å². The van der Waals surface area contributed by atoms with Gasteiger partial charge in [-0.1, -0.05) is 35.3 Å². The van der Waals surface area contributed by atoms with Crippen molar-refractivity contribution in [2.24, 2.45) is 0 Å². The summed E-state index contributed by atoms with van der Waals surface area (Å²) in [6, 6.07) is 21.7. The number of dihydropyridines is 1. The maximum absolute atomic E-state index is 13.7. The first kappa shape index (κ1) is 26.3. The molecular weight excluding hydrogens is 507 g/mol. The minimum atomic E-state index is -0.600. The zero-order valence-corrected chi connectivity index (χ0v) is 22.5. The Morgan fingerprint density at radius 1 is 0.703 bits per heavy atom. The second-order valence-corrected chi connectivity index (χ2v) is 9.92. The molecular formula is C29H28Cl2N4O2. The lowest BCUT2D eigenvalue weighted by atomic mass is 9.79. The molecule has 37 heavy (non-hydrogen) atoms. The highest BCUT2D eigenvalue weighted by atomic mass is 35.5. The molecule has 0 saturated heterocycles. The maximum Gasteiger partial charge on any atom is 0.254 e. The maximum atomic E-state index is 13.7. The summed E-state index contributed by atoms with van der Waals surface area (Å²) < 4.78 is 0. The van der Waals surface area contributed by atoms with Gasteiger partial charge in [-0.15, -0.1) is 0 Å². The van der Waals surface area contributed by atoms with Crippen molar-refractivity contribution in [2.45, 2.75) is 19.8 Å². The van der Waals surface area contributed by atoms with Crippen molar-refractivity contribution in [3.05, 3.63) is 111 Å². The van der Waals surface area contributed by atoms with Crippen molar-refractivity contribution in [2.75, 3.05) is 29.6 Å². The Kier molecular flexibility index (Phi) is 7.91. The van der Waals surface area contributed by atoms with E-state index in [0.717, 1.165) is 11.3 Å². The number of hydrogen-bond acceptors (Lipinski definition) is 4. The van der Waals surface area contributed by atoms with Gasteiger partial charge in [-0.25, -0.2) is 0 Å². The van der Waals surface area contributed by atoms with Crippen molar-refractivity contribution in [3.63, 3.8) is 0 Å². The fourth-order valence-corrected chi connectivity index (χ4v) is 4.61. The first-order valence-electron chi connectivity index (χ1n) is 11.7. The van der Waals surface area contributed by atoms with Gasteiger partial charge in [-0.05, 0) is 80.1 Å². The summed E-state index contributed by atoms with van der Waals surface area (Å²) in [5.74, 6) is -1.21. The smallest absolute Gasteiger partial charge is 0.254 e. The molecule has 0 unspecified atom stereocenters. The van der Waals surface area contributed by atoms with Gasteiger partial charge in [-0.2, -0.15) is 0 Å². The van der Waals surface area contributed by atoms with Crippen LogP contribution in [-0.4, -0.2) is 25.9 Å². The van der Waals surface area contributed by atoms with Crippen LogP contribution in [0.2, 0.25) is 10.0 Å². The molecule has 190 valence electrons. The highest BCUT2D eigenvalue weighted by Crippen LogP contribution is 2.39. The molecule has 3 aromatic rings. The minimum Gasteiger partial charge on any atom is -0.378 e. The molecule has 0 bridgehead atoms. The van der Waals surface area contributed by atoms with Crippen LogP contribution in [0, 0.1) is 0 Å². The molecule has 0 fully saturated rings. The van der Waals surface area contributed by atoms with Crippen molar-refractivity contribution in [3.8, 4) is 0 Å². The van der Waals surface area contributed by atoms with Gasteiger partial charge < -0.3 is 20.9 Å². The first-order chi connectivity index (χ1) is 17.6. The molecule has 8 heteroatoms. The second-order valence-electron chi connectivity index (χ2n) is 9.04. The predicted octanol–water partition coefficient (Wildman–Crippen LogP) is 6.57. The number of rotatable bonds is 6. The Bertz CT molecular complexity index is 1300. The van der Waals surface area contributed by atoms with E-state index < -0.39 is 5.92 Å². The Hall–Kier alpha value is -3.74. The van der Waals surface area contributed by atoms with E-state index in [-0.39, 0.29) is 11.8 Å². The van der Waals surface area contributed by atoms with Gasteiger partial charge in [0, 0.05) is 69.7 Å². The average Bonchev–Trinajstić information content (AvgIpc) is 2.86. The van der Waals surface area contributed by atoms with E-state index in [9.17, 15) is 9.59 Å². The number of hydrogen-bond donors (Lipinski definition) is 3. The summed E-state index contributed by atoms with van der Waals surface area (Å²) in [7, 11) is 3.92. The number of nitrogens with one attached hydrogen (secondary N) is 3. The van der Waals surface area contributed by atoms with Crippen LogP contribution in [0.15, 0.2) is 95.3 Å². The third-order valence-corrected chi connectivity index (χ3v) is 6.70. The van der Waals surface area contributed by atoms with Crippen LogP contribution in [0.3, 0.4) is 0 Å². The van der Waals surface area contributed by atoms with Crippen LogP contribution in [0.1, 0.15) is 25.3 Å². The second kappa shape index (κ2) is 11.1. The topological polar surface area (TPSA) is 73.5 Å². The Labute approximate surface area is 227 Å². The lowest BCUT2D eigenvalue weighted by Crippen LogP contribution is -2.35. The van der Waals surface area contributed by atoms with Crippen molar-refractivity contribution < 1.29 is 9.59 Å². The van der Waals surface area contributed by atoms with Crippen molar-refractivity contribution >= 4 is 52.1 Å². The fourth-order valence-electron chi connectivity index (χ4n) is 4.36. The molecule has 1 heterocycles. The lowest BCUT2D eigenvalue weighted by Gasteiger charge is -2.31. The summed E-state index contributed by atoms with van der Waals surface area (Å²) in [5.41, 5.74) is 5.32. The SMILES string of the molecule is CC1=C(C(=O)Nc2ccc(Cl)cc2)C(c2ccc(N(C)C)cc2)C(C(=O)Nc2ccc(Cl)cc2)=C(C)N1. The highest BCUT2D eigenvalue weighted by Gasteiger charge is 2.36. The number of nitrogens with zero attached hydrogens (tertiary/aromatic N) is 1. The molecule has 3 N–H and O–H groups in total. The summed E-state index contributed by atoms with van der Waals surface area (Å²) in [4.78, 5) is 29.3. The van der Waals surface area contributed by atoms with Crippen LogP contribution in [0.5, 0.6) is 0 Å². The molecule has 2 amide bonds. The minimum absolute atomic E-state index is 0.307. The lowest BCUT2D eigenvalue weighted by molar-refractivity contribution is -0.113. The van der Waals surface area contributed by atoms with Crippen molar-refractivity contribution in [1.29, 1.82) is 0 Å². The van der Waals surface area contributed by atoms with E-state index in [1.807, 2.05) is 57.1 Å². The molecule has 3 aromatic carbocycles. The van der Waals surface area contributed by atoms with E-state index in [4.69, 9.17) is 23.2 Å². The van der Waals surface area contributed by atoms with E-state index in [1.54, 1.807) is 48.5 Å². The number of carbonyl (C=O) groups is 2. The van der Waals surface area contributed by atoms with Crippen LogP contribution < -0.4 is 20.9 Å². The molecule has 0 saturated carbocycles. The summed E-state index contributed by atoms with van der Waals surface area (Å²) in [6.45, 7) is 3.69. The molecule has 4 rings (SSSR count). The Morgan fingerprint density at radius 2 is 1.11 bits per heavy atom. The molecule has 0 spiro atoms. The molecule has 0 radical (unpaired) electrons. The third kappa shape index (κ3) is 5.98. The molecule has 0 aliphatic carbocycles. The monoisotopic (exact) mass is 534 g/mol. The van der Waals surface area contributed by atoms with Gasteiger partial charge in [0.05, 0.1) is 0 Å². The number of anilines is 3. The average molecular weight is 535 g/mol. The number of halogens is 2. The van der Waals surface area contributed by atoms with Gasteiger partial charge in [0.1, 0.15) is 0 Å². The zero-order chi connectivity index (χ0) is 26.7. The quantitative estimate of drug-likeness (QED) is 0.334. The van der Waals surface area contributed by atoms with Gasteiger partial charge in [0.15, 0.2) is 0 Å². The normalized spacial score (nSPS) is 13.8. The molecule has 1 aliphatic heterocycles. The van der Waals surface area contributed by atoms with Gasteiger partial charge in [0.2, 0.25) is 0 Å². The van der Waals surface area contributed by atoms with E-state index in [1.165, 1.54) is 0 Å². The number of benzene rings is 3. The van der Waals surface area contributed by atoms with Gasteiger partial charge >= 0.3 is 0 Å². The number of carbonyl (C=O) groups excluding carboxylic acids is 2. The molecule has 0 aromatic heterocycles. The molecule has 1 aliphatic rings. The van der Waals surface area contributed by atoms with Crippen LogP contribution in [0.25, 0.3) is 0 Å². The van der Waals surface area contributed by atoms with E-state index >= 15 is 0 Å². The number of allylic oxidation sites excluding steroid dienone is 2. The van der Waals surface area contributed by atoms with E-state index in [2.05, 4.69) is 16.0 Å². The summed E-state index contributed by atoms with van der Waals surface area (Å²) >= 11 is 12.0. The van der Waals surface area contributed by atoms with Crippen LogP contribution >= 0.6 is 23.2 Å². The molecule has 6 nitrogen and oxygen atoms in total. The Morgan fingerprint density at radius 3 is 1.49 bits per heavy atom. The molecule has 0 atom stereocenters. The summed E-state index contributed by atoms with van der Waals surface area (Å²) in [5, 5.41) is 10.3. The standard InChI is InChI=1S/C29H28Cl2N4O2/c1-17-25(28(36)33-22-11-7-20(30)8-12-22)27(19-5-15-24(16-6-19)35(3)4)26(18(2)32-17)29(37)34-23-13-9-21(31)10-14-23/h5-16,27,32H,1-4H3,(H,33,36)(H,34,37). The fraction of sp³-hybridized carbons (Fsp3) is 0.172. The highest BCUT2D eigenvalue weighted by molar-refractivity contribution is 6.31. The number of amides is 2. The zero-order valence-electron chi connectivity index (χ0n) is 21.0. The Balaban J connectivity index is 1.75. The predicted molar refractivity (Wildman–Crippen MR) is 152 cm³/mol.